The number of carboxylic acid groups (broad SMARTS) is 1. The SMILES string of the molecule is Cn1nccc1C1CC2CCC(C1)N2C(=O)c1cccc(C(=O)O)c1. The zero-order valence-corrected chi connectivity index (χ0v) is 14.1. The Kier molecular flexibility index (Phi) is 3.82. The van der Waals surface area contributed by atoms with Crippen molar-refractivity contribution in [3.05, 3.63) is 53.3 Å². The first kappa shape index (κ1) is 15.9. The van der Waals surface area contributed by atoms with Crippen molar-refractivity contribution in [1.82, 2.24) is 14.7 Å². The first-order valence-corrected chi connectivity index (χ1v) is 8.68. The van der Waals surface area contributed by atoms with E-state index in [-0.39, 0.29) is 23.6 Å². The molecule has 2 atom stereocenters. The molecule has 6 heteroatoms. The zero-order valence-electron chi connectivity index (χ0n) is 14.1. The van der Waals surface area contributed by atoms with Crippen LogP contribution in [0.15, 0.2) is 36.5 Å². The van der Waals surface area contributed by atoms with E-state index in [0.717, 1.165) is 25.7 Å². The second-order valence-electron chi connectivity index (χ2n) is 7.03. The highest BCUT2D eigenvalue weighted by Crippen LogP contribution is 2.43. The summed E-state index contributed by atoms with van der Waals surface area (Å²) in [5.74, 6) is -0.619. The van der Waals surface area contributed by atoms with Gasteiger partial charge in [-0.1, -0.05) is 6.07 Å². The molecule has 0 aliphatic carbocycles. The van der Waals surface area contributed by atoms with Gasteiger partial charge < -0.3 is 10.0 Å². The van der Waals surface area contributed by atoms with E-state index in [1.54, 1.807) is 12.1 Å². The Morgan fingerprint density at radius 2 is 1.80 bits per heavy atom. The second kappa shape index (κ2) is 6.02. The third-order valence-electron chi connectivity index (χ3n) is 5.60. The van der Waals surface area contributed by atoms with Crippen molar-refractivity contribution in [3.8, 4) is 0 Å². The topological polar surface area (TPSA) is 75.4 Å². The van der Waals surface area contributed by atoms with Crippen molar-refractivity contribution < 1.29 is 14.7 Å². The van der Waals surface area contributed by atoms with E-state index >= 15 is 0 Å². The molecule has 2 bridgehead atoms. The average Bonchev–Trinajstić information content (AvgIpc) is 3.15. The van der Waals surface area contributed by atoms with Gasteiger partial charge in [-0.2, -0.15) is 5.10 Å². The van der Waals surface area contributed by atoms with Crippen molar-refractivity contribution in [2.45, 2.75) is 43.7 Å². The summed E-state index contributed by atoms with van der Waals surface area (Å²) in [5, 5.41) is 13.4. The molecule has 1 N–H and O–H groups in total. The van der Waals surface area contributed by atoms with Crippen molar-refractivity contribution in [2.75, 3.05) is 0 Å². The number of benzene rings is 1. The minimum atomic E-state index is -1.01. The zero-order chi connectivity index (χ0) is 17.6. The van der Waals surface area contributed by atoms with E-state index in [4.69, 9.17) is 5.11 Å². The van der Waals surface area contributed by atoms with E-state index in [9.17, 15) is 9.59 Å². The van der Waals surface area contributed by atoms with Gasteiger partial charge in [0.25, 0.3) is 5.91 Å². The molecule has 130 valence electrons. The minimum Gasteiger partial charge on any atom is -0.478 e. The summed E-state index contributed by atoms with van der Waals surface area (Å²) < 4.78 is 1.93. The van der Waals surface area contributed by atoms with Crippen LogP contribution in [0.25, 0.3) is 0 Å². The lowest BCUT2D eigenvalue weighted by atomic mass is 9.87. The minimum absolute atomic E-state index is 0.0425. The number of piperidine rings is 1. The lowest BCUT2D eigenvalue weighted by Gasteiger charge is -2.39. The average molecular weight is 339 g/mol. The van der Waals surface area contributed by atoms with Crippen molar-refractivity contribution in [1.29, 1.82) is 0 Å². The number of aromatic nitrogens is 2. The molecule has 2 fully saturated rings. The number of aryl methyl sites for hydroxylation is 1. The normalized spacial score (nSPS) is 25.2. The highest BCUT2D eigenvalue weighted by molar-refractivity contribution is 5.98. The molecule has 0 radical (unpaired) electrons. The number of carbonyl (C=O) groups excluding carboxylic acids is 1. The van der Waals surface area contributed by atoms with Gasteiger partial charge in [0, 0.05) is 42.5 Å². The Labute approximate surface area is 146 Å². The largest absolute Gasteiger partial charge is 0.478 e. The van der Waals surface area contributed by atoms with Gasteiger partial charge in [-0.15, -0.1) is 0 Å². The Hall–Kier alpha value is -2.63. The van der Waals surface area contributed by atoms with Crippen LogP contribution in [0.5, 0.6) is 0 Å². The molecular weight excluding hydrogens is 318 g/mol. The molecule has 6 nitrogen and oxygen atoms in total. The number of hydrogen-bond donors (Lipinski definition) is 1. The fraction of sp³-hybridized carbons (Fsp3) is 0.421. The Morgan fingerprint density at radius 3 is 2.40 bits per heavy atom. The van der Waals surface area contributed by atoms with Crippen molar-refractivity contribution in [3.63, 3.8) is 0 Å². The smallest absolute Gasteiger partial charge is 0.335 e. The maximum Gasteiger partial charge on any atom is 0.335 e. The highest BCUT2D eigenvalue weighted by atomic mass is 16.4. The van der Waals surface area contributed by atoms with Gasteiger partial charge in [0.05, 0.1) is 5.56 Å². The molecule has 1 amide bonds. The molecule has 2 saturated heterocycles. The third kappa shape index (κ3) is 2.71. The molecule has 2 aliphatic heterocycles. The molecule has 0 saturated carbocycles. The quantitative estimate of drug-likeness (QED) is 0.933. The van der Waals surface area contributed by atoms with E-state index in [0.29, 0.717) is 11.5 Å². The van der Waals surface area contributed by atoms with Crippen LogP contribution in [0.3, 0.4) is 0 Å². The van der Waals surface area contributed by atoms with Gasteiger partial charge in [-0.3, -0.25) is 9.48 Å². The monoisotopic (exact) mass is 339 g/mol. The summed E-state index contributed by atoms with van der Waals surface area (Å²) in [6.07, 6.45) is 5.75. The van der Waals surface area contributed by atoms with Crippen molar-refractivity contribution >= 4 is 11.9 Å². The standard InChI is InChI=1S/C19H21N3O3/c1-21-17(7-8-20-21)14-10-15-5-6-16(11-14)22(15)18(23)12-3-2-4-13(9-12)19(24)25/h2-4,7-9,14-16H,5-6,10-11H2,1H3,(H,24,25). The predicted molar refractivity (Wildman–Crippen MR) is 91.6 cm³/mol. The molecule has 3 heterocycles. The number of nitrogens with zero attached hydrogens (tertiary/aromatic N) is 3. The summed E-state index contributed by atoms with van der Waals surface area (Å²) >= 11 is 0. The van der Waals surface area contributed by atoms with Gasteiger partial charge in [-0.05, 0) is 49.9 Å². The van der Waals surface area contributed by atoms with Gasteiger partial charge in [0.2, 0.25) is 0 Å². The van der Waals surface area contributed by atoms with Crippen LogP contribution < -0.4 is 0 Å². The van der Waals surface area contributed by atoms with Crippen LogP contribution in [0.2, 0.25) is 0 Å². The Balaban J connectivity index is 1.57. The molecule has 25 heavy (non-hydrogen) atoms. The van der Waals surface area contributed by atoms with Crippen LogP contribution in [-0.4, -0.2) is 43.7 Å². The lowest BCUT2D eigenvalue weighted by molar-refractivity contribution is 0.0568. The number of amides is 1. The fourth-order valence-corrected chi connectivity index (χ4v) is 4.47. The number of rotatable bonds is 3. The van der Waals surface area contributed by atoms with Crippen LogP contribution >= 0.6 is 0 Å². The van der Waals surface area contributed by atoms with Crippen LogP contribution in [0.4, 0.5) is 0 Å². The Morgan fingerprint density at radius 1 is 1.12 bits per heavy atom. The number of aromatic carboxylic acids is 1. The maximum absolute atomic E-state index is 13.0. The van der Waals surface area contributed by atoms with Gasteiger partial charge in [0.1, 0.15) is 0 Å². The number of carboxylic acids is 1. The van der Waals surface area contributed by atoms with E-state index < -0.39 is 5.97 Å². The number of hydrogen-bond acceptors (Lipinski definition) is 3. The van der Waals surface area contributed by atoms with Crippen LogP contribution in [0, 0.1) is 0 Å². The van der Waals surface area contributed by atoms with Gasteiger partial charge in [0.15, 0.2) is 0 Å². The molecule has 1 aromatic carbocycles. The van der Waals surface area contributed by atoms with E-state index in [2.05, 4.69) is 11.2 Å². The molecule has 2 aromatic rings. The fourth-order valence-electron chi connectivity index (χ4n) is 4.47. The second-order valence-corrected chi connectivity index (χ2v) is 7.03. The van der Waals surface area contributed by atoms with E-state index in [1.807, 2.05) is 22.8 Å². The van der Waals surface area contributed by atoms with Gasteiger partial charge >= 0.3 is 5.97 Å². The van der Waals surface area contributed by atoms with Crippen molar-refractivity contribution in [2.24, 2.45) is 7.05 Å². The predicted octanol–water partition coefficient (Wildman–Crippen LogP) is 2.67. The Bertz CT molecular complexity index is 815. The van der Waals surface area contributed by atoms with Crippen LogP contribution in [0.1, 0.15) is 58.0 Å². The molecular formula is C19H21N3O3. The summed E-state index contributed by atoms with van der Waals surface area (Å²) in [7, 11) is 1.96. The number of carbonyl (C=O) groups is 2. The molecule has 4 rings (SSSR count). The summed E-state index contributed by atoms with van der Waals surface area (Å²) in [4.78, 5) is 26.2. The molecule has 2 unspecified atom stereocenters. The summed E-state index contributed by atoms with van der Waals surface area (Å²) in [5.41, 5.74) is 1.86. The molecule has 2 aliphatic rings. The highest BCUT2D eigenvalue weighted by Gasteiger charge is 2.44. The lowest BCUT2D eigenvalue weighted by Crippen LogP contribution is -2.46. The molecule has 0 spiro atoms. The molecule has 1 aromatic heterocycles. The van der Waals surface area contributed by atoms with Crippen LogP contribution in [-0.2, 0) is 7.05 Å². The third-order valence-corrected chi connectivity index (χ3v) is 5.60. The summed E-state index contributed by atoms with van der Waals surface area (Å²) in [6.45, 7) is 0. The summed E-state index contributed by atoms with van der Waals surface area (Å²) in [6, 6.07) is 8.86. The first-order valence-electron chi connectivity index (χ1n) is 8.68. The van der Waals surface area contributed by atoms with Gasteiger partial charge in [-0.25, -0.2) is 4.79 Å². The first-order chi connectivity index (χ1) is 12.0. The number of fused-ring (bicyclic) bond motifs is 2. The maximum atomic E-state index is 13.0. The van der Waals surface area contributed by atoms with E-state index in [1.165, 1.54) is 17.8 Å².